The molecule has 5 nitrogen and oxygen atoms in total. The minimum Gasteiger partial charge on any atom is -0.314 e. The van der Waals surface area contributed by atoms with Crippen LogP contribution in [0.3, 0.4) is 0 Å². The summed E-state index contributed by atoms with van der Waals surface area (Å²) in [4.78, 5) is 12.4. The Bertz CT molecular complexity index is 692. The number of hydrogen-bond acceptors (Lipinski definition) is 5. The van der Waals surface area contributed by atoms with Crippen molar-refractivity contribution < 1.29 is 4.79 Å². The predicted octanol–water partition coefficient (Wildman–Crippen LogP) is 3.15. The zero-order valence-electron chi connectivity index (χ0n) is 13.7. The standard InChI is InChI=1S/C17H22N4OS/c1-10-6-11(2)8-14(7-10)16-20-21-17(23-16)19-15(22)13-4-5-18-12(3)9-13/h6-8,12-13,18H,4-5,9H2,1-3H3,(H,19,21,22)/t12-,13-/m0/s1. The summed E-state index contributed by atoms with van der Waals surface area (Å²) in [7, 11) is 0. The SMILES string of the molecule is Cc1cc(C)cc(-c2nnc(NC(=O)[C@H]3CCN[C@@H](C)C3)s2)c1. The fraction of sp³-hybridized carbons (Fsp3) is 0.471. The van der Waals surface area contributed by atoms with E-state index in [2.05, 4.69) is 59.8 Å². The highest BCUT2D eigenvalue weighted by Crippen LogP contribution is 2.28. The maximum Gasteiger partial charge on any atom is 0.229 e. The molecule has 122 valence electrons. The molecular formula is C17H22N4OS. The zero-order chi connectivity index (χ0) is 16.4. The summed E-state index contributed by atoms with van der Waals surface area (Å²) < 4.78 is 0. The van der Waals surface area contributed by atoms with Gasteiger partial charge in [0.15, 0.2) is 0 Å². The number of aromatic nitrogens is 2. The first kappa shape index (κ1) is 16.1. The van der Waals surface area contributed by atoms with Crippen LogP contribution in [0.4, 0.5) is 5.13 Å². The summed E-state index contributed by atoms with van der Waals surface area (Å²) >= 11 is 1.43. The lowest BCUT2D eigenvalue weighted by atomic mass is 9.93. The van der Waals surface area contributed by atoms with E-state index in [1.54, 1.807) is 0 Å². The number of rotatable bonds is 3. The van der Waals surface area contributed by atoms with Crippen LogP contribution in [0.5, 0.6) is 0 Å². The molecule has 0 aliphatic carbocycles. The van der Waals surface area contributed by atoms with Crippen molar-refractivity contribution in [2.24, 2.45) is 5.92 Å². The van der Waals surface area contributed by atoms with E-state index in [-0.39, 0.29) is 11.8 Å². The first-order valence-corrected chi connectivity index (χ1v) is 8.79. The molecule has 0 spiro atoms. The molecule has 1 saturated heterocycles. The van der Waals surface area contributed by atoms with Gasteiger partial charge in [-0.15, -0.1) is 10.2 Å². The van der Waals surface area contributed by atoms with Gasteiger partial charge in [-0.25, -0.2) is 0 Å². The summed E-state index contributed by atoms with van der Waals surface area (Å²) in [6, 6.07) is 6.70. The minimum atomic E-state index is 0.0554. The molecule has 2 N–H and O–H groups in total. The first-order chi connectivity index (χ1) is 11.0. The monoisotopic (exact) mass is 330 g/mol. The van der Waals surface area contributed by atoms with Crippen LogP contribution in [0.25, 0.3) is 10.6 Å². The van der Waals surface area contributed by atoms with Crippen LogP contribution in [0.2, 0.25) is 0 Å². The van der Waals surface area contributed by atoms with E-state index in [4.69, 9.17) is 0 Å². The molecule has 1 aromatic heterocycles. The molecule has 0 bridgehead atoms. The Balaban J connectivity index is 1.70. The molecule has 2 aromatic rings. The third kappa shape index (κ3) is 3.95. The number of anilines is 1. The van der Waals surface area contributed by atoms with Crippen LogP contribution in [0, 0.1) is 19.8 Å². The Morgan fingerprint density at radius 3 is 2.70 bits per heavy atom. The lowest BCUT2D eigenvalue weighted by Crippen LogP contribution is -2.40. The molecule has 1 aliphatic rings. The van der Waals surface area contributed by atoms with Crippen molar-refractivity contribution in [2.75, 3.05) is 11.9 Å². The molecular weight excluding hydrogens is 308 g/mol. The number of nitrogens with one attached hydrogen (secondary N) is 2. The molecule has 1 aromatic carbocycles. The second-order valence-corrected chi connectivity index (χ2v) is 7.33. The third-order valence-corrected chi connectivity index (χ3v) is 5.01. The van der Waals surface area contributed by atoms with Crippen molar-refractivity contribution in [3.05, 3.63) is 29.3 Å². The van der Waals surface area contributed by atoms with E-state index in [0.29, 0.717) is 11.2 Å². The van der Waals surface area contributed by atoms with Crippen LogP contribution in [-0.4, -0.2) is 28.7 Å². The average molecular weight is 330 g/mol. The molecule has 6 heteroatoms. The highest BCUT2D eigenvalue weighted by atomic mass is 32.1. The number of carbonyl (C=O) groups is 1. The summed E-state index contributed by atoms with van der Waals surface area (Å²) in [5.74, 6) is 0.112. The smallest absolute Gasteiger partial charge is 0.229 e. The quantitative estimate of drug-likeness (QED) is 0.907. The first-order valence-electron chi connectivity index (χ1n) is 7.97. The lowest BCUT2D eigenvalue weighted by molar-refractivity contribution is -0.120. The van der Waals surface area contributed by atoms with Gasteiger partial charge in [-0.05, 0) is 52.3 Å². The Hall–Kier alpha value is -1.79. The van der Waals surface area contributed by atoms with Crippen LogP contribution >= 0.6 is 11.3 Å². The number of carbonyl (C=O) groups excluding carboxylic acids is 1. The van der Waals surface area contributed by atoms with Crippen LogP contribution in [0.15, 0.2) is 18.2 Å². The van der Waals surface area contributed by atoms with Gasteiger partial charge in [0.1, 0.15) is 5.01 Å². The Morgan fingerprint density at radius 2 is 2.00 bits per heavy atom. The molecule has 2 atom stereocenters. The van der Waals surface area contributed by atoms with Crippen LogP contribution < -0.4 is 10.6 Å². The topological polar surface area (TPSA) is 66.9 Å². The second-order valence-electron chi connectivity index (χ2n) is 6.35. The maximum absolute atomic E-state index is 12.4. The summed E-state index contributed by atoms with van der Waals surface area (Å²) in [6.45, 7) is 7.14. The predicted molar refractivity (Wildman–Crippen MR) is 93.6 cm³/mol. The normalized spacial score (nSPS) is 21.2. The Morgan fingerprint density at radius 1 is 1.26 bits per heavy atom. The van der Waals surface area contributed by atoms with Gasteiger partial charge in [-0.1, -0.05) is 28.5 Å². The van der Waals surface area contributed by atoms with Crippen molar-refractivity contribution in [3.8, 4) is 10.6 Å². The van der Waals surface area contributed by atoms with Gasteiger partial charge in [-0.2, -0.15) is 0 Å². The molecule has 0 radical (unpaired) electrons. The van der Waals surface area contributed by atoms with Gasteiger partial charge in [0.25, 0.3) is 0 Å². The van der Waals surface area contributed by atoms with E-state index in [9.17, 15) is 4.79 Å². The van der Waals surface area contributed by atoms with Crippen molar-refractivity contribution >= 4 is 22.4 Å². The number of piperidine rings is 1. The molecule has 0 unspecified atom stereocenters. The number of nitrogens with zero attached hydrogens (tertiary/aromatic N) is 2. The average Bonchev–Trinajstić information content (AvgIpc) is 2.95. The summed E-state index contributed by atoms with van der Waals surface area (Å²) in [6.07, 6.45) is 1.74. The van der Waals surface area contributed by atoms with Gasteiger partial charge in [0.2, 0.25) is 11.0 Å². The van der Waals surface area contributed by atoms with E-state index < -0.39 is 0 Å². The lowest BCUT2D eigenvalue weighted by Gasteiger charge is -2.26. The van der Waals surface area contributed by atoms with Crippen molar-refractivity contribution in [1.82, 2.24) is 15.5 Å². The van der Waals surface area contributed by atoms with Crippen LogP contribution in [0.1, 0.15) is 30.9 Å². The van der Waals surface area contributed by atoms with Gasteiger partial charge >= 0.3 is 0 Å². The van der Waals surface area contributed by atoms with Gasteiger partial charge in [0, 0.05) is 17.5 Å². The van der Waals surface area contributed by atoms with Gasteiger partial charge in [0.05, 0.1) is 0 Å². The van der Waals surface area contributed by atoms with Crippen molar-refractivity contribution in [1.29, 1.82) is 0 Å². The molecule has 2 heterocycles. The number of amides is 1. The van der Waals surface area contributed by atoms with E-state index >= 15 is 0 Å². The largest absolute Gasteiger partial charge is 0.314 e. The summed E-state index contributed by atoms with van der Waals surface area (Å²) in [5.41, 5.74) is 3.45. The minimum absolute atomic E-state index is 0.0554. The van der Waals surface area contributed by atoms with Gasteiger partial charge < -0.3 is 10.6 Å². The van der Waals surface area contributed by atoms with E-state index in [1.165, 1.54) is 22.5 Å². The third-order valence-electron chi connectivity index (χ3n) is 4.12. The summed E-state index contributed by atoms with van der Waals surface area (Å²) in [5, 5.41) is 16.1. The fourth-order valence-electron chi connectivity index (χ4n) is 3.07. The number of aryl methyl sites for hydroxylation is 2. The number of hydrogen-bond donors (Lipinski definition) is 2. The van der Waals surface area contributed by atoms with Crippen molar-refractivity contribution in [3.63, 3.8) is 0 Å². The molecule has 0 saturated carbocycles. The molecule has 1 fully saturated rings. The van der Waals surface area contributed by atoms with Crippen LogP contribution in [-0.2, 0) is 4.79 Å². The fourth-order valence-corrected chi connectivity index (χ4v) is 3.80. The van der Waals surface area contributed by atoms with Gasteiger partial charge in [-0.3, -0.25) is 4.79 Å². The molecule has 1 amide bonds. The molecule has 1 aliphatic heterocycles. The van der Waals surface area contributed by atoms with E-state index in [0.717, 1.165) is 30.0 Å². The highest BCUT2D eigenvalue weighted by molar-refractivity contribution is 7.18. The second kappa shape index (κ2) is 6.76. The zero-order valence-corrected chi connectivity index (χ0v) is 14.5. The molecule has 3 rings (SSSR count). The van der Waals surface area contributed by atoms with Crippen molar-refractivity contribution in [2.45, 2.75) is 39.7 Å². The number of benzene rings is 1. The highest BCUT2D eigenvalue weighted by Gasteiger charge is 2.25. The maximum atomic E-state index is 12.4. The van der Waals surface area contributed by atoms with E-state index in [1.807, 2.05) is 0 Å². The molecule has 23 heavy (non-hydrogen) atoms. The Labute approximate surface area is 140 Å². The Kier molecular flexibility index (Phi) is 4.73.